The van der Waals surface area contributed by atoms with Crippen molar-refractivity contribution in [1.29, 1.82) is 0 Å². The number of methoxy groups -OCH3 is 8. The monoisotopic (exact) mass is 706 g/mol. The zero-order valence-corrected chi connectivity index (χ0v) is 30.4. The second-order valence-corrected chi connectivity index (χ2v) is 12.2. The summed E-state index contributed by atoms with van der Waals surface area (Å²) < 4.78 is 45.8. The minimum absolute atomic E-state index is 0.497. The summed E-state index contributed by atoms with van der Waals surface area (Å²) in [5.74, 6) is -5.14. The van der Waals surface area contributed by atoms with E-state index in [1.165, 1.54) is 56.9 Å². The van der Waals surface area contributed by atoms with E-state index in [2.05, 4.69) is 83.4 Å². The molecule has 12 nitrogen and oxygen atoms in total. The molecule has 0 unspecified atom stereocenters. The zero-order chi connectivity index (χ0) is 36.7. The van der Waals surface area contributed by atoms with Gasteiger partial charge in [0.05, 0.1) is 0 Å². The number of aliphatic imine (C=N–C) groups is 2. The third-order valence-corrected chi connectivity index (χ3v) is 9.95. The maximum Gasteiger partial charge on any atom is 0.350 e. The first-order valence-electron chi connectivity index (χ1n) is 16.6. The van der Waals surface area contributed by atoms with Crippen LogP contribution in [0.4, 0.5) is 0 Å². The second-order valence-electron chi connectivity index (χ2n) is 12.2. The van der Waals surface area contributed by atoms with Gasteiger partial charge in [-0.3, -0.25) is 0 Å². The van der Waals surface area contributed by atoms with Gasteiger partial charge in [-0.25, -0.2) is 9.98 Å². The highest BCUT2D eigenvalue weighted by molar-refractivity contribution is 6.22. The molecule has 2 heterocycles. The first kappa shape index (κ1) is 35.6. The lowest BCUT2D eigenvalue weighted by Gasteiger charge is -2.37. The molecule has 0 aromatic heterocycles. The van der Waals surface area contributed by atoms with Crippen LogP contribution in [0, 0.1) is 0 Å². The number of nitrogens with one attached hydrogen (secondary N) is 2. The van der Waals surface area contributed by atoms with Crippen molar-refractivity contribution < 1.29 is 37.9 Å². The molecule has 0 radical (unpaired) electrons. The number of benzene rings is 5. The minimum Gasteiger partial charge on any atom is -0.330 e. The van der Waals surface area contributed by atoms with Crippen molar-refractivity contribution in [2.75, 3.05) is 56.9 Å². The molecule has 0 bridgehead atoms. The van der Waals surface area contributed by atoms with E-state index >= 15 is 0 Å². The molecule has 12 heteroatoms. The van der Waals surface area contributed by atoms with E-state index in [9.17, 15) is 0 Å². The van der Waals surface area contributed by atoms with Crippen molar-refractivity contribution in [2.24, 2.45) is 9.98 Å². The van der Waals surface area contributed by atoms with Gasteiger partial charge < -0.3 is 48.5 Å². The number of ether oxygens (including phenoxy) is 8. The fourth-order valence-electron chi connectivity index (χ4n) is 7.41. The zero-order valence-electron chi connectivity index (χ0n) is 30.4. The summed E-state index contributed by atoms with van der Waals surface area (Å²) in [5, 5.41) is 10.8. The third-order valence-electron chi connectivity index (χ3n) is 9.95. The molecule has 2 aliphatic heterocycles. The van der Waals surface area contributed by atoms with Crippen molar-refractivity contribution >= 4 is 33.2 Å². The summed E-state index contributed by atoms with van der Waals surface area (Å²) in [6, 6.07) is 33.2. The summed E-state index contributed by atoms with van der Waals surface area (Å²) in [7, 11) is 12.0. The molecule has 0 fully saturated rings. The molecule has 0 spiro atoms. The van der Waals surface area contributed by atoms with Crippen LogP contribution < -0.4 is 10.6 Å². The molecular formula is C40H42N4O8. The fourth-order valence-corrected chi connectivity index (χ4v) is 7.41. The summed E-state index contributed by atoms with van der Waals surface area (Å²) in [5.41, 5.74) is 5.76. The van der Waals surface area contributed by atoms with Crippen LogP contribution in [-0.2, 0) is 37.9 Å². The lowest BCUT2D eigenvalue weighted by Crippen LogP contribution is -2.62. The highest BCUT2D eigenvalue weighted by Crippen LogP contribution is 2.45. The van der Waals surface area contributed by atoms with Crippen LogP contribution in [-0.4, -0.2) is 92.2 Å². The van der Waals surface area contributed by atoms with Crippen molar-refractivity contribution in [1.82, 2.24) is 10.6 Å². The van der Waals surface area contributed by atoms with Gasteiger partial charge in [0.25, 0.3) is 0 Å². The number of rotatable bonds is 12. The van der Waals surface area contributed by atoms with Gasteiger partial charge in [-0.15, -0.1) is 0 Å². The molecule has 0 atom stereocenters. The second kappa shape index (κ2) is 13.7. The average molecular weight is 707 g/mol. The van der Waals surface area contributed by atoms with E-state index in [1.54, 1.807) is 0 Å². The van der Waals surface area contributed by atoms with E-state index in [-0.39, 0.29) is 0 Å². The lowest BCUT2D eigenvalue weighted by atomic mass is 9.85. The molecule has 5 aromatic rings. The van der Waals surface area contributed by atoms with Crippen molar-refractivity contribution in [3.8, 4) is 22.3 Å². The third kappa shape index (κ3) is 5.14. The van der Waals surface area contributed by atoms with Gasteiger partial charge in [-0.05, 0) is 55.9 Å². The standard InChI is InChI=1S/C40H42N4O8/c1-45-37(46-2)38(47-3,48-4)42-35(41-37)27-17-13-15-25(23-27)33-29-19-9-11-21-31(29)34(32-22-12-10-20-30(32)33)26-16-14-18-28(24-26)36-43-39(49-5,50-6)40(44-36,51-7)52-8/h9-24H,1-8H3,(H,41,42)(H,43,44). The van der Waals surface area contributed by atoms with Crippen LogP contribution in [0.5, 0.6) is 0 Å². The van der Waals surface area contributed by atoms with Crippen LogP contribution in [0.1, 0.15) is 11.1 Å². The van der Waals surface area contributed by atoms with Crippen LogP contribution in [0.2, 0.25) is 0 Å². The Hall–Kier alpha value is -4.76. The largest absolute Gasteiger partial charge is 0.350 e. The molecule has 7 rings (SSSR count). The number of nitrogens with zero attached hydrogens (tertiary/aromatic N) is 2. The summed E-state index contributed by atoms with van der Waals surface area (Å²) >= 11 is 0. The molecule has 0 aliphatic carbocycles. The molecule has 270 valence electrons. The van der Waals surface area contributed by atoms with E-state index in [0.717, 1.165) is 54.9 Å². The van der Waals surface area contributed by atoms with Gasteiger partial charge in [-0.1, -0.05) is 84.9 Å². The quantitative estimate of drug-likeness (QED) is 0.121. The van der Waals surface area contributed by atoms with E-state index < -0.39 is 23.6 Å². The molecular weight excluding hydrogens is 664 g/mol. The van der Waals surface area contributed by atoms with Gasteiger partial charge in [0.15, 0.2) is 0 Å². The highest BCUT2D eigenvalue weighted by Gasteiger charge is 2.62. The van der Waals surface area contributed by atoms with Gasteiger partial charge in [0.1, 0.15) is 11.7 Å². The topological polar surface area (TPSA) is 123 Å². The van der Waals surface area contributed by atoms with Crippen LogP contribution >= 0.6 is 0 Å². The Morgan fingerprint density at radius 2 is 0.692 bits per heavy atom. The van der Waals surface area contributed by atoms with E-state index in [4.69, 9.17) is 47.9 Å². The highest BCUT2D eigenvalue weighted by atomic mass is 16.8. The Morgan fingerprint density at radius 3 is 0.962 bits per heavy atom. The maximum atomic E-state index is 5.73. The first-order chi connectivity index (χ1) is 25.3. The Morgan fingerprint density at radius 1 is 0.385 bits per heavy atom. The Bertz CT molecular complexity index is 1980. The molecule has 0 saturated heterocycles. The molecule has 5 aromatic carbocycles. The Labute approximate surface area is 302 Å². The molecule has 0 saturated carbocycles. The number of hydrogen-bond acceptors (Lipinski definition) is 12. The minimum atomic E-state index is -1.57. The normalized spacial score (nSPS) is 18.2. The van der Waals surface area contributed by atoms with Crippen molar-refractivity contribution in [2.45, 2.75) is 23.6 Å². The fraction of sp³-hybridized carbons (Fsp3) is 0.300. The van der Waals surface area contributed by atoms with Gasteiger partial charge in [-0.2, -0.15) is 0 Å². The van der Waals surface area contributed by atoms with Gasteiger partial charge in [0, 0.05) is 68.0 Å². The SMILES string of the molecule is COC1(OC)N=C(c2cccc(-c3c4ccccc4c(-c4cccc(C5=NC(OC)(OC)C(OC)(OC)N5)c4)c4ccccc34)c2)NC1(OC)OC. The average Bonchev–Trinajstić information content (AvgIpc) is 3.74. The molecule has 0 amide bonds. The van der Waals surface area contributed by atoms with Gasteiger partial charge in [0.2, 0.25) is 0 Å². The first-order valence-corrected chi connectivity index (χ1v) is 16.6. The van der Waals surface area contributed by atoms with Crippen LogP contribution in [0.3, 0.4) is 0 Å². The maximum absolute atomic E-state index is 5.73. The number of fused-ring (bicyclic) bond motifs is 2. The van der Waals surface area contributed by atoms with Crippen LogP contribution in [0.25, 0.3) is 43.8 Å². The molecule has 52 heavy (non-hydrogen) atoms. The van der Waals surface area contributed by atoms with Crippen molar-refractivity contribution in [3.63, 3.8) is 0 Å². The summed E-state index contributed by atoms with van der Waals surface area (Å²) in [6.07, 6.45) is 0. The smallest absolute Gasteiger partial charge is 0.330 e. The Kier molecular flexibility index (Phi) is 9.36. The predicted molar refractivity (Wildman–Crippen MR) is 199 cm³/mol. The summed E-state index contributed by atoms with van der Waals surface area (Å²) in [6.45, 7) is 0. The molecule has 2 aliphatic rings. The van der Waals surface area contributed by atoms with E-state index in [1.807, 2.05) is 24.3 Å². The van der Waals surface area contributed by atoms with Crippen molar-refractivity contribution in [3.05, 3.63) is 108 Å². The predicted octanol–water partition coefficient (Wildman–Crippen LogP) is 5.81. The summed E-state index contributed by atoms with van der Waals surface area (Å²) in [4.78, 5) is 9.56. The Balaban J connectivity index is 1.39. The van der Waals surface area contributed by atoms with Crippen LogP contribution in [0.15, 0.2) is 107 Å². The number of hydrogen-bond donors (Lipinski definition) is 2. The lowest BCUT2D eigenvalue weighted by molar-refractivity contribution is -0.383. The van der Waals surface area contributed by atoms with Gasteiger partial charge >= 0.3 is 23.6 Å². The number of amidine groups is 2. The van der Waals surface area contributed by atoms with E-state index in [0.29, 0.717) is 11.7 Å². The molecule has 2 N–H and O–H groups in total.